The van der Waals surface area contributed by atoms with Crippen LogP contribution in [0.15, 0.2) is 57.8 Å². The van der Waals surface area contributed by atoms with Gasteiger partial charge in [-0.15, -0.1) is 0 Å². The Morgan fingerprint density at radius 2 is 1.85 bits per heavy atom. The quantitative estimate of drug-likeness (QED) is 0.471. The third-order valence-electron chi connectivity index (χ3n) is 2.91. The van der Waals surface area contributed by atoms with Crippen molar-refractivity contribution in [3.63, 3.8) is 0 Å². The van der Waals surface area contributed by atoms with E-state index in [4.69, 9.17) is 28.4 Å². The van der Waals surface area contributed by atoms with Gasteiger partial charge in [-0.2, -0.15) is 5.26 Å². The molecule has 0 saturated carbocycles. The van der Waals surface area contributed by atoms with E-state index in [0.29, 0.717) is 26.9 Å². The maximum atomic E-state index is 9.39. The number of nitriles is 1. The molecule has 1 N–H and O–H groups in total. The van der Waals surface area contributed by atoms with Crippen LogP contribution < -0.4 is 0 Å². The van der Waals surface area contributed by atoms with Crippen LogP contribution in [0.1, 0.15) is 12.5 Å². The Morgan fingerprint density at radius 1 is 1.20 bits per heavy atom. The highest BCUT2D eigenvalue weighted by molar-refractivity contribution is 6.36. The molecule has 0 amide bonds. The Labute approximate surface area is 126 Å². The zero-order valence-corrected chi connectivity index (χ0v) is 12.1. The summed E-state index contributed by atoms with van der Waals surface area (Å²) in [5.74, 6) is 0. The third kappa shape index (κ3) is 2.77. The molecule has 0 aliphatic heterocycles. The highest BCUT2D eigenvalue weighted by Gasteiger charge is 2.17. The van der Waals surface area contributed by atoms with E-state index in [0.717, 1.165) is 11.1 Å². The zero-order valence-electron chi connectivity index (χ0n) is 10.6. The molecule has 0 atom stereocenters. The summed E-state index contributed by atoms with van der Waals surface area (Å²) in [5, 5.41) is 22.4. The number of oxime groups is 1. The number of nitrogens with zero attached hydrogens (tertiary/aromatic N) is 2. The van der Waals surface area contributed by atoms with Crippen LogP contribution in [-0.4, -0.2) is 10.9 Å². The number of hydrogen-bond acceptors (Lipinski definition) is 3. The Bertz CT molecular complexity index is 704. The molecule has 5 heteroatoms. The van der Waals surface area contributed by atoms with Crippen molar-refractivity contribution in [2.45, 2.75) is 6.92 Å². The highest BCUT2D eigenvalue weighted by Crippen LogP contribution is 2.31. The minimum Gasteiger partial charge on any atom is -0.410 e. The van der Waals surface area contributed by atoms with Crippen LogP contribution in [0.3, 0.4) is 0 Å². The molecule has 0 fully saturated rings. The smallest absolute Gasteiger partial charge is 0.107 e. The normalized spacial score (nSPS) is 19.2. The standard InChI is InChI=1S/C15H10Cl2N2O/c1-9-6-12(14(17)7-15(9)19-20)13(8-18)10-2-4-11(16)5-3-10/h2-7,20H,1H3/b13-12-,19-15-. The van der Waals surface area contributed by atoms with Gasteiger partial charge in [0.05, 0.1) is 10.6 Å². The van der Waals surface area contributed by atoms with Crippen LogP contribution in [0, 0.1) is 11.3 Å². The van der Waals surface area contributed by atoms with Gasteiger partial charge in [0.15, 0.2) is 0 Å². The lowest BCUT2D eigenvalue weighted by Gasteiger charge is -2.13. The predicted molar refractivity (Wildman–Crippen MR) is 80.9 cm³/mol. The van der Waals surface area contributed by atoms with Crippen LogP contribution in [-0.2, 0) is 0 Å². The molecule has 0 heterocycles. The molecule has 0 saturated heterocycles. The van der Waals surface area contributed by atoms with Crippen LogP contribution in [0.4, 0.5) is 0 Å². The van der Waals surface area contributed by atoms with Crippen molar-refractivity contribution in [2.75, 3.05) is 0 Å². The number of benzene rings is 1. The lowest BCUT2D eigenvalue weighted by atomic mass is 9.94. The minimum atomic E-state index is 0.356. The molecule has 2 rings (SSSR count). The molecule has 0 aromatic heterocycles. The van der Waals surface area contributed by atoms with Crippen molar-refractivity contribution < 1.29 is 5.21 Å². The maximum absolute atomic E-state index is 9.39. The number of hydrogen-bond donors (Lipinski definition) is 1. The molecular weight excluding hydrogens is 295 g/mol. The summed E-state index contributed by atoms with van der Waals surface area (Å²) in [4.78, 5) is 0. The SMILES string of the molecule is CC1=CC(=C(\C#N)c2ccc(Cl)cc2)/C(Cl)=CC/1=N/O. The van der Waals surface area contributed by atoms with Gasteiger partial charge in [-0.1, -0.05) is 40.5 Å². The van der Waals surface area contributed by atoms with Crippen LogP contribution in [0.25, 0.3) is 5.57 Å². The van der Waals surface area contributed by atoms with Crippen molar-refractivity contribution >= 4 is 34.5 Å². The Hall–Kier alpha value is -2.02. The highest BCUT2D eigenvalue weighted by atomic mass is 35.5. The monoisotopic (exact) mass is 304 g/mol. The van der Waals surface area contributed by atoms with Crippen molar-refractivity contribution in [1.29, 1.82) is 5.26 Å². The van der Waals surface area contributed by atoms with Gasteiger partial charge in [-0.25, -0.2) is 0 Å². The molecule has 0 bridgehead atoms. The fourth-order valence-electron chi connectivity index (χ4n) is 1.87. The molecule has 0 spiro atoms. The van der Waals surface area contributed by atoms with Gasteiger partial charge in [0.1, 0.15) is 11.8 Å². The lowest BCUT2D eigenvalue weighted by Crippen LogP contribution is -2.04. The second kappa shape index (κ2) is 5.96. The topological polar surface area (TPSA) is 56.4 Å². The average Bonchev–Trinajstić information content (AvgIpc) is 2.45. The fourth-order valence-corrected chi connectivity index (χ4v) is 2.25. The molecule has 20 heavy (non-hydrogen) atoms. The van der Waals surface area contributed by atoms with Crippen LogP contribution >= 0.6 is 23.2 Å². The van der Waals surface area contributed by atoms with Gasteiger partial charge in [0.25, 0.3) is 0 Å². The Balaban J connectivity index is 2.61. The number of rotatable bonds is 1. The van der Waals surface area contributed by atoms with E-state index in [1.54, 1.807) is 37.3 Å². The van der Waals surface area contributed by atoms with E-state index in [1.807, 2.05) is 0 Å². The summed E-state index contributed by atoms with van der Waals surface area (Å²) in [5.41, 5.74) is 2.88. The molecule has 1 aromatic carbocycles. The molecular formula is C15H10Cl2N2O. The molecule has 1 aliphatic carbocycles. The van der Waals surface area contributed by atoms with Gasteiger partial charge >= 0.3 is 0 Å². The molecule has 1 aliphatic rings. The molecule has 100 valence electrons. The first-order valence-corrected chi connectivity index (χ1v) is 6.51. The minimum absolute atomic E-state index is 0.356. The van der Waals surface area contributed by atoms with E-state index in [9.17, 15) is 5.26 Å². The fraction of sp³-hybridized carbons (Fsp3) is 0.0667. The third-order valence-corrected chi connectivity index (χ3v) is 3.47. The Morgan fingerprint density at radius 3 is 2.40 bits per heavy atom. The van der Waals surface area contributed by atoms with Gasteiger partial charge in [0.2, 0.25) is 0 Å². The second-order valence-electron chi connectivity index (χ2n) is 4.21. The number of allylic oxidation sites excluding steroid dienone is 6. The molecule has 0 unspecified atom stereocenters. The summed E-state index contributed by atoms with van der Waals surface area (Å²) < 4.78 is 0. The lowest BCUT2D eigenvalue weighted by molar-refractivity contribution is 0.319. The van der Waals surface area contributed by atoms with Gasteiger partial charge in [-0.3, -0.25) is 0 Å². The first-order chi connectivity index (χ1) is 9.56. The largest absolute Gasteiger partial charge is 0.410 e. The van der Waals surface area contributed by atoms with Gasteiger partial charge in [0, 0.05) is 10.6 Å². The average molecular weight is 305 g/mol. The molecule has 3 nitrogen and oxygen atoms in total. The summed E-state index contributed by atoms with van der Waals surface area (Å²) in [7, 11) is 0. The van der Waals surface area contributed by atoms with Crippen molar-refractivity contribution in [1.82, 2.24) is 0 Å². The number of halogens is 2. The van der Waals surface area contributed by atoms with Crippen molar-refractivity contribution in [3.05, 3.63) is 63.2 Å². The molecule has 0 radical (unpaired) electrons. The van der Waals surface area contributed by atoms with Crippen molar-refractivity contribution in [2.24, 2.45) is 5.16 Å². The molecule has 1 aromatic rings. The Kier molecular flexibility index (Phi) is 4.29. The van der Waals surface area contributed by atoms with Crippen LogP contribution in [0.2, 0.25) is 5.02 Å². The summed E-state index contributed by atoms with van der Waals surface area (Å²) in [6, 6.07) is 9.11. The first-order valence-electron chi connectivity index (χ1n) is 5.75. The van der Waals surface area contributed by atoms with E-state index >= 15 is 0 Å². The maximum Gasteiger partial charge on any atom is 0.107 e. The van der Waals surface area contributed by atoms with Gasteiger partial charge in [-0.05, 0) is 42.3 Å². The van der Waals surface area contributed by atoms with Gasteiger partial charge < -0.3 is 5.21 Å². The van der Waals surface area contributed by atoms with E-state index in [1.165, 1.54) is 6.08 Å². The first kappa shape index (κ1) is 14.4. The van der Waals surface area contributed by atoms with Crippen LogP contribution in [0.5, 0.6) is 0 Å². The van der Waals surface area contributed by atoms with Crippen molar-refractivity contribution in [3.8, 4) is 6.07 Å². The second-order valence-corrected chi connectivity index (χ2v) is 5.06. The summed E-state index contributed by atoms with van der Waals surface area (Å²) in [6.45, 7) is 1.78. The summed E-state index contributed by atoms with van der Waals surface area (Å²) >= 11 is 12.0. The van der Waals surface area contributed by atoms with E-state index in [-0.39, 0.29) is 0 Å². The predicted octanol–water partition coefficient (Wildman–Crippen LogP) is 4.53. The van der Waals surface area contributed by atoms with E-state index < -0.39 is 0 Å². The summed E-state index contributed by atoms with van der Waals surface area (Å²) in [6.07, 6.45) is 3.25. The van der Waals surface area contributed by atoms with E-state index in [2.05, 4.69) is 11.2 Å². The zero-order chi connectivity index (χ0) is 14.7.